The van der Waals surface area contributed by atoms with Crippen LogP contribution < -0.4 is 15.4 Å². The summed E-state index contributed by atoms with van der Waals surface area (Å²) in [6.07, 6.45) is 0. The predicted molar refractivity (Wildman–Crippen MR) is 60.4 cm³/mol. The molecule has 1 aromatic rings. The molecule has 5 heteroatoms. The number of nitrogens with zero attached hydrogens (tertiary/aromatic N) is 1. The van der Waals surface area contributed by atoms with Crippen LogP contribution in [0.1, 0.15) is 0 Å². The Bertz CT molecular complexity index is 475. The molecule has 1 heterocycles. The fourth-order valence-corrected chi connectivity index (χ4v) is 2.36. The first kappa shape index (κ1) is 10.3. The van der Waals surface area contributed by atoms with Crippen molar-refractivity contribution in [1.82, 2.24) is 0 Å². The molecule has 2 unspecified atom stereocenters. The maximum Gasteiger partial charge on any atom is 0.239 e. The zero-order valence-electron chi connectivity index (χ0n) is 9.29. The summed E-state index contributed by atoms with van der Waals surface area (Å²) in [4.78, 5) is 25.1. The van der Waals surface area contributed by atoms with Crippen LogP contribution >= 0.6 is 0 Å². The monoisotopic (exact) mass is 232 g/mol. The summed E-state index contributed by atoms with van der Waals surface area (Å²) in [7, 11) is 1.56. The van der Waals surface area contributed by atoms with Gasteiger partial charge >= 0.3 is 0 Å². The molecule has 2 N–H and O–H groups in total. The van der Waals surface area contributed by atoms with Crippen LogP contribution in [0.2, 0.25) is 0 Å². The molecule has 1 saturated heterocycles. The van der Waals surface area contributed by atoms with E-state index >= 15 is 0 Å². The molecule has 3 rings (SSSR count). The van der Waals surface area contributed by atoms with E-state index in [2.05, 4.69) is 0 Å². The molecule has 0 radical (unpaired) electrons. The van der Waals surface area contributed by atoms with Crippen molar-refractivity contribution >= 4 is 17.5 Å². The SMILES string of the molecule is COc1ccc(N2C(=O)C3C(N)C3C2=O)cc1. The summed E-state index contributed by atoms with van der Waals surface area (Å²) in [5.41, 5.74) is 6.23. The Morgan fingerprint density at radius 1 is 1.12 bits per heavy atom. The number of carbonyl (C=O) groups excluding carboxylic acids is 2. The van der Waals surface area contributed by atoms with Crippen LogP contribution in [0.3, 0.4) is 0 Å². The van der Waals surface area contributed by atoms with E-state index in [0.29, 0.717) is 11.4 Å². The fourth-order valence-electron chi connectivity index (χ4n) is 2.36. The lowest BCUT2D eigenvalue weighted by Crippen LogP contribution is -2.37. The van der Waals surface area contributed by atoms with E-state index in [1.54, 1.807) is 31.4 Å². The standard InChI is InChI=1S/C12H12N2O3/c1-17-7-4-2-6(3-5-7)14-11(15)8-9(10(8)13)12(14)16/h2-5,8-10H,13H2,1H3. The number of fused-ring (bicyclic) bond motifs is 1. The van der Waals surface area contributed by atoms with E-state index in [-0.39, 0.29) is 29.7 Å². The van der Waals surface area contributed by atoms with Crippen molar-refractivity contribution in [2.75, 3.05) is 12.0 Å². The van der Waals surface area contributed by atoms with Crippen molar-refractivity contribution in [1.29, 1.82) is 0 Å². The molecule has 1 aliphatic heterocycles. The number of methoxy groups -OCH3 is 1. The topological polar surface area (TPSA) is 72.6 Å². The largest absolute Gasteiger partial charge is 0.497 e. The van der Waals surface area contributed by atoms with Gasteiger partial charge in [-0.1, -0.05) is 0 Å². The van der Waals surface area contributed by atoms with E-state index in [1.807, 2.05) is 0 Å². The first-order chi connectivity index (χ1) is 8.15. The lowest BCUT2D eigenvalue weighted by molar-refractivity contribution is -0.123. The third-order valence-electron chi connectivity index (χ3n) is 3.42. The minimum atomic E-state index is -0.301. The highest BCUT2D eigenvalue weighted by Crippen LogP contribution is 2.47. The second-order valence-corrected chi connectivity index (χ2v) is 4.34. The second-order valence-electron chi connectivity index (χ2n) is 4.34. The number of piperidine rings is 1. The highest BCUT2D eigenvalue weighted by atomic mass is 16.5. The van der Waals surface area contributed by atoms with Crippen molar-refractivity contribution in [2.24, 2.45) is 17.6 Å². The van der Waals surface area contributed by atoms with Crippen molar-refractivity contribution in [3.63, 3.8) is 0 Å². The van der Waals surface area contributed by atoms with Crippen LogP contribution in [-0.2, 0) is 9.59 Å². The maximum atomic E-state index is 11.9. The number of hydrogen-bond donors (Lipinski definition) is 1. The number of rotatable bonds is 2. The molecule has 1 saturated carbocycles. The molecular formula is C12H12N2O3. The van der Waals surface area contributed by atoms with Gasteiger partial charge in [-0.3, -0.25) is 9.59 Å². The van der Waals surface area contributed by atoms with Crippen LogP contribution in [0.15, 0.2) is 24.3 Å². The number of ether oxygens (including phenoxy) is 1. The van der Waals surface area contributed by atoms with Gasteiger partial charge in [-0.15, -0.1) is 0 Å². The molecule has 2 atom stereocenters. The van der Waals surface area contributed by atoms with Crippen LogP contribution in [0.25, 0.3) is 0 Å². The van der Waals surface area contributed by atoms with Gasteiger partial charge in [-0.25, -0.2) is 4.90 Å². The molecule has 17 heavy (non-hydrogen) atoms. The third-order valence-corrected chi connectivity index (χ3v) is 3.42. The quantitative estimate of drug-likeness (QED) is 0.736. The highest BCUT2D eigenvalue weighted by Gasteiger charge is 2.66. The average Bonchev–Trinajstić information content (AvgIpc) is 2.93. The highest BCUT2D eigenvalue weighted by molar-refractivity contribution is 6.25. The van der Waals surface area contributed by atoms with E-state index in [1.165, 1.54) is 4.90 Å². The number of imide groups is 1. The van der Waals surface area contributed by atoms with Crippen LogP contribution in [0.4, 0.5) is 5.69 Å². The van der Waals surface area contributed by atoms with Gasteiger partial charge in [0.1, 0.15) is 5.75 Å². The zero-order valence-corrected chi connectivity index (χ0v) is 9.29. The number of carbonyl (C=O) groups is 2. The van der Waals surface area contributed by atoms with Gasteiger partial charge in [-0.2, -0.15) is 0 Å². The van der Waals surface area contributed by atoms with Crippen molar-refractivity contribution in [3.05, 3.63) is 24.3 Å². The number of nitrogens with two attached hydrogens (primary N) is 1. The second kappa shape index (κ2) is 3.30. The van der Waals surface area contributed by atoms with E-state index < -0.39 is 0 Å². The molecule has 1 aliphatic carbocycles. The Balaban J connectivity index is 1.90. The summed E-state index contributed by atoms with van der Waals surface area (Å²) < 4.78 is 5.02. The first-order valence-electron chi connectivity index (χ1n) is 5.42. The lowest BCUT2D eigenvalue weighted by atomic mass is 10.2. The Morgan fingerprint density at radius 3 is 2.12 bits per heavy atom. The van der Waals surface area contributed by atoms with Crippen LogP contribution in [0.5, 0.6) is 5.75 Å². The van der Waals surface area contributed by atoms with Gasteiger partial charge in [0.2, 0.25) is 11.8 Å². The molecule has 0 aromatic heterocycles. The predicted octanol–water partition coefficient (Wildman–Crippen LogP) is 0.142. The summed E-state index contributed by atoms with van der Waals surface area (Å²) >= 11 is 0. The summed E-state index contributed by atoms with van der Waals surface area (Å²) in [6, 6.07) is 6.57. The Hall–Kier alpha value is -1.88. The van der Waals surface area contributed by atoms with Crippen molar-refractivity contribution < 1.29 is 14.3 Å². The molecule has 0 bridgehead atoms. The molecular weight excluding hydrogens is 220 g/mol. The van der Waals surface area contributed by atoms with Crippen molar-refractivity contribution in [2.45, 2.75) is 6.04 Å². The number of hydrogen-bond acceptors (Lipinski definition) is 4. The summed E-state index contributed by atoms with van der Waals surface area (Å²) in [5, 5.41) is 0. The normalized spacial score (nSPS) is 30.5. The molecule has 5 nitrogen and oxygen atoms in total. The minimum absolute atomic E-state index is 0.183. The smallest absolute Gasteiger partial charge is 0.239 e. The van der Waals surface area contributed by atoms with E-state index in [0.717, 1.165) is 0 Å². The molecule has 1 aromatic carbocycles. The molecule has 2 amide bonds. The third kappa shape index (κ3) is 1.29. The fraction of sp³-hybridized carbons (Fsp3) is 0.333. The molecule has 88 valence electrons. The number of amides is 2. The Kier molecular flexibility index (Phi) is 2.00. The number of anilines is 1. The van der Waals surface area contributed by atoms with E-state index in [4.69, 9.17) is 10.5 Å². The summed E-state index contributed by atoms with van der Waals surface area (Å²) in [5.74, 6) is -0.278. The first-order valence-corrected chi connectivity index (χ1v) is 5.42. The van der Waals surface area contributed by atoms with E-state index in [9.17, 15) is 9.59 Å². The summed E-state index contributed by atoms with van der Waals surface area (Å²) in [6.45, 7) is 0. The zero-order chi connectivity index (χ0) is 12.2. The Morgan fingerprint density at radius 2 is 1.65 bits per heavy atom. The molecule has 0 spiro atoms. The van der Waals surface area contributed by atoms with Gasteiger partial charge in [-0.05, 0) is 24.3 Å². The molecule has 2 fully saturated rings. The van der Waals surface area contributed by atoms with Gasteiger partial charge in [0.15, 0.2) is 0 Å². The number of benzene rings is 1. The van der Waals surface area contributed by atoms with Crippen LogP contribution in [-0.4, -0.2) is 25.0 Å². The lowest BCUT2D eigenvalue weighted by Gasteiger charge is -2.17. The molecule has 2 aliphatic rings. The minimum Gasteiger partial charge on any atom is -0.497 e. The van der Waals surface area contributed by atoms with Gasteiger partial charge in [0.25, 0.3) is 0 Å². The Labute approximate surface area is 98.1 Å². The van der Waals surface area contributed by atoms with Crippen molar-refractivity contribution in [3.8, 4) is 5.75 Å². The van der Waals surface area contributed by atoms with Gasteiger partial charge < -0.3 is 10.5 Å². The maximum absolute atomic E-state index is 11.9. The van der Waals surface area contributed by atoms with Crippen LogP contribution in [0, 0.1) is 11.8 Å². The average molecular weight is 232 g/mol. The van der Waals surface area contributed by atoms with Gasteiger partial charge in [0, 0.05) is 6.04 Å². The van der Waals surface area contributed by atoms with Gasteiger partial charge in [0.05, 0.1) is 24.6 Å².